The summed E-state index contributed by atoms with van der Waals surface area (Å²) >= 11 is 0. The average Bonchev–Trinajstić information content (AvgIpc) is 2.68. The second-order valence-electron chi connectivity index (χ2n) is 8.27. The fourth-order valence-electron chi connectivity index (χ4n) is 3.40. The zero-order valence-corrected chi connectivity index (χ0v) is 17.8. The Balaban J connectivity index is 1.93. The van der Waals surface area contributed by atoms with E-state index in [1.165, 1.54) is 12.1 Å². The third-order valence-electron chi connectivity index (χ3n) is 4.72. The maximum Gasteiger partial charge on any atom is 0.410 e. The van der Waals surface area contributed by atoms with Gasteiger partial charge in [0.05, 0.1) is 18.8 Å². The van der Waals surface area contributed by atoms with Crippen molar-refractivity contribution in [2.45, 2.75) is 52.7 Å². The van der Waals surface area contributed by atoms with Crippen LogP contribution in [0, 0.1) is 5.82 Å². The molecule has 2 heterocycles. The number of rotatable bonds is 4. The van der Waals surface area contributed by atoms with Gasteiger partial charge in [-0.15, -0.1) is 0 Å². The molecule has 6 nitrogen and oxygen atoms in total. The second-order valence-corrected chi connectivity index (χ2v) is 8.27. The Morgan fingerprint density at radius 1 is 1.20 bits per heavy atom. The van der Waals surface area contributed by atoms with Crippen molar-refractivity contribution < 1.29 is 23.5 Å². The van der Waals surface area contributed by atoms with Gasteiger partial charge in [0.1, 0.15) is 17.1 Å². The Hall–Kier alpha value is -2.96. The van der Waals surface area contributed by atoms with Crippen LogP contribution in [0.5, 0.6) is 0 Å². The van der Waals surface area contributed by atoms with Crippen LogP contribution in [0.15, 0.2) is 30.3 Å². The largest absolute Gasteiger partial charge is 0.461 e. The molecule has 1 amide bonds. The third-order valence-corrected chi connectivity index (χ3v) is 4.72. The van der Waals surface area contributed by atoms with E-state index in [1.54, 1.807) is 30.0 Å². The first kappa shape index (κ1) is 21.7. The zero-order chi connectivity index (χ0) is 21.9. The Labute approximate surface area is 176 Å². The van der Waals surface area contributed by atoms with Crippen molar-refractivity contribution in [3.05, 3.63) is 64.2 Å². The lowest BCUT2D eigenvalue weighted by molar-refractivity contribution is 0.0220. The Morgan fingerprint density at radius 2 is 1.90 bits per heavy atom. The number of halogens is 1. The van der Waals surface area contributed by atoms with Gasteiger partial charge >= 0.3 is 12.1 Å². The number of carbonyl (C=O) groups excluding carboxylic acids is 2. The third kappa shape index (κ3) is 5.34. The van der Waals surface area contributed by atoms with E-state index in [4.69, 9.17) is 9.47 Å². The van der Waals surface area contributed by atoms with E-state index in [0.717, 1.165) is 16.7 Å². The highest BCUT2D eigenvalue weighted by Crippen LogP contribution is 2.26. The van der Waals surface area contributed by atoms with Crippen LogP contribution in [0.25, 0.3) is 0 Å². The van der Waals surface area contributed by atoms with E-state index in [2.05, 4.69) is 4.98 Å². The van der Waals surface area contributed by atoms with Crippen LogP contribution in [-0.4, -0.2) is 40.7 Å². The summed E-state index contributed by atoms with van der Waals surface area (Å²) in [6, 6.07) is 8.02. The van der Waals surface area contributed by atoms with Crippen LogP contribution in [0.2, 0.25) is 0 Å². The molecule has 1 aromatic heterocycles. The lowest BCUT2D eigenvalue weighted by Gasteiger charge is -2.31. The summed E-state index contributed by atoms with van der Waals surface area (Å²) in [5.41, 5.74) is 3.14. The van der Waals surface area contributed by atoms with Crippen molar-refractivity contribution in [3.63, 3.8) is 0 Å². The summed E-state index contributed by atoms with van der Waals surface area (Å²) in [5.74, 6) is -0.800. The highest BCUT2D eigenvalue weighted by Gasteiger charge is 2.29. The van der Waals surface area contributed by atoms with Crippen LogP contribution in [0.3, 0.4) is 0 Å². The average molecular weight is 414 g/mol. The number of carbonyl (C=O) groups is 2. The minimum atomic E-state index is -0.592. The molecule has 30 heavy (non-hydrogen) atoms. The molecule has 0 spiro atoms. The van der Waals surface area contributed by atoms with Crippen LogP contribution in [-0.2, 0) is 28.9 Å². The van der Waals surface area contributed by atoms with Crippen molar-refractivity contribution in [2.24, 2.45) is 0 Å². The Kier molecular flexibility index (Phi) is 6.39. The van der Waals surface area contributed by atoms with Crippen molar-refractivity contribution in [1.29, 1.82) is 0 Å². The van der Waals surface area contributed by atoms with Crippen LogP contribution < -0.4 is 0 Å². The number of hydrogen-bond acceptors (Lipinski definition) is 5. The van der Waals surface area contributed by atoms with Gasteiger partial charge in [0, 0.05) is 6.54 Å². The number of amides is 1. The lowest BCUT2D eigenvalue weighted by Crippen LogP contribution is -2.40. The Morgan fingerprint density at radius 3 is 2.53 bits per heavy atom. The molecule has 1 aliphatic heterocycles. The predicted molar refractivity (Wildman–Crippen MR) is 110 cm³/mol. The van der Waals surface area contributed by atoms with E-state index in [9.17, 15) is 14.0 Å². The molecule has 160 valence electrons. The fraction of sp³-hybridized carbons (Fsp3) is 0.435. The maximum atomic E-state index is 13.3. The summed E-state index contributed by atoms with van der Waals surface area (Å²) in [5, 5.41) is 0. The van der Waals surface area contributed by atoms with Gasteiger partial charge in [0.2, 0.25) is 0 Å². The Bertz CT molecular complexity index is 935. The fourth-order valence-corrected chi connectivity index (χ4v) is 3.40. The number of fused-ring (bicyclic) bond motifs is 1. The molecule has 2 aromatic rings. The molecule has 3 rings (SSSR count). The molecule has 0 atom stereocenters. The summed E-state index contributed by atoms with van der Waals surface area (Å²) in [7, 11) is 0. The summed E-state index contributed by atoms with van der Waals surface area (Å²) < 4.78 is 23.9. The number of hydrogen-bond donors (Lipinski definition) is 0. The van der Waals surface area contributed by atoms with Gasteiger partial charge in [-0.2, -0.15) is 0 Å². The van der Waals surface area contributed by atoms with Crippen LogP contribution in [0.4, 0.5) is 9.18 Å². The van der Waals surface area contributed by atoms with Gasteiger partial charge in [0.25, 0.3) is 0 Å². The van der Waals surface area contributed by atoms with Gasteiger partial charge in [-0.1, -0.05) is 12.1 Å². The van der Waals surface area contributed by atoms with Crippen LogP contribution in [0.1, 0.15) is 60.6 Å². The quantitative estimate of drug-likeness (QED) is 0.699. The van der Waals surface area contributed by atoms with Gasteiger partial charge in [-0.25, -0.2) is 19.0 Å². The highest BCUT2D eigenvalue weighted by atomic mass is 19.1. The smallest absolute Gasteiger partial charge is 0.410 e. The normalized spacial score (nSPS) is 13.6. The lowest BCUT2D eigenvalue weighted by atomic mass is 9.93. The van der Waals surface area contributed by atoms with Crippen molar-refractivity contribution in [1.82, 2.24) is 9.88 Å². The summed E-state index contributed by atoms with van der Waals surface area (Å²) in [4.78, 5) is 30.9. The van der Waals surface area contributed by atoms with Gasteiger partial charge in [-0.3, -0.25) is 0 Å². The number of pyridine rings is 1. The van der Waals surface area contributed by atoms with Crippen molar-refractivity contribution in [3.8, 4) is 0 Å². The van der Waals surface area contributed by atoms with E-state index in [-0.39, 0.29) is 24.7 Å². The summed E-state index contributed by atoms with van der Waals surface area (Å²) in [6.07, 6.45) is 0.724. The number of esters is 1. The highest BCUT2D eigenvalue weighted by molar-refractivity contribution is 5.87. The molecule has 0 bridgehead atoms. The summed E-state index contributed by atoms with van der Waals surface area (Å²) in [6.45, 7) is 8.20. The van der Waals surface area contributed by atoms with Gasteiger partial charge < -0.3 is 14.4 Å². The minimum Gasteiger partial charge on any atom is -0.461 e. The first-order chi connectivity index (χ1) is 14.2. The monoisotopic (exact) mass is 414 g/mol. The molecular formula is C23H27FN2O4. The minimum absolute atomic E-state index is 0.207. The predicted octanol–water partition coefficient (Wildman–Crippen LogP) is 4.28. The number of aromatic nitrogens is 1. The molecule has 0 N–H and O–H groups in total. The van der Waals surface area contributed by atoms with Crippen molar-refractivity contribution in [2.75, 3.05) is 13.2 Å². The molecule has 1 aromatic carbocycles. The van der Waals surface area contributed by atoms with Gasteiger partial charge in [-0.05, 0) is 75.4 Å². The molecule has 0 radical (unpaired) electrons. The molecule has 1 aliphatic rings. The van der Waals surface area contributed by atoms with Crippen molar-refractivity contribution >= 4 is 12.1 Å². The maximum absolute atomic E-state index is 13.3. The number of benzene rings is 1. The van der Waals surface area contributed by atoms with E-state index < -0.39 is 17.7 Å². The number of nitrogens with zero attached hydrogens (tertiary/aromatic N) is 2. The first-order valence-corrected chi connectivity index (χ1v) is 10.1. The molecule has 7 heteroatoms. The zero-order valence-electron chi connectivity index (χ0n) is 17.8. The molecule has 0 unspecified atom stereocenters. The molecule has 0 aliphatic carbocycles. The number of ether oxygens (including phenoxy) is 2. The molecule has 0 saturated heterocycles. The molecule has 0 fully saturated rings. The topological polar surface area (TPSA) is 68.7 Å². The van der Waals surface area contributed by atoms with Gasteiger partial charge in [0.15, 0.2) is 0 Å². The van der Waals surface area contributed by atoms with E-state index in [0.29, 0.717) is 25.1 Å². The van der Waals surface area contributed by atoms with E-state index >= 15 is 0 Å². The molecule has 0 saturated carbocycles. The standard InChI is InChI=1S/C23H27FN2O4/c1-5-29-21(27)19-13-16(12-15-6-8-17(24)9-7-15)18-10-11-26(14-20(18)25-19)22(28)30-23(2,3)4/h6-9,13H,5,10-12,14H2,1-4H3. The SMILES string of the molecule is CCOC(=O)c1cc(Cc2ccc(F)cc2)c2c(n1)CN(C(=O)OC(C)(C)C)CC2. The van der Waals surface area contributed by atoms with Crippen LogP contribution >= 0.6 is 0 Å². The first-order valence-electron chi connectivity index (χ1n) is 10.1. The second kappa shape index (κ2) is 8.81. The van der Waals surface area contributed by atoms with E-state index in [1.807, 2.05) is 20.8 Å². The molecular weight excluding hydrogens is 387 g/mol.